The lowest BCUT2D eigenvalue weighted by Crippen LogP contribution is -1.95. The molecule has 1 atom stereocenters. The van der Waals surface area contributed by atoms with Crippen LogP contribution >= 0.6 is 34.8 Å². The molecule has 1 unspecified atom stereocenters. The number of benzene rings is 2. The van der Waals surface area contributed by atoms with Crippen molar-refractivity contribution in [3.05, 3.63) is 69.2 Å². The van der Waals surface area contributed by atoms with Crippen molar-refractivity contribution in [2.24, 2.45) is 0 Å². The van der Waals surface area contributed by atoms with Crippen molar-refractivity contribution < 1.29 is 0 Å². The van der Waals surface area contributed by atoms with E-state index in [4.69, 9.17) is 34.8 Å². The average molecular weight is 314 g/mol. The van der Waals surface area contributed by atoms with Gasteiger partial charge >= 0.3 is 0 Å². The van der Waals surface area contributed by atoms with Crippen LogP contribution in [0.1, 0.15) is 41.8 Å². The van der Waals surface area contributed by atoms with Crippen LogP contribution in [0.4, 0.5) is 0 Å². The van der Waals surface area contributed by atoms with Gasteiger partial charge in [0.15, 0.2) is 0 Å². The van der Waals surface area contributed by atoms with Gasteiger partial charge in [-0.2, -0.15) is 0 Å². The van der Waals surface area contributed by atoms with Gasteiger partial charge in [-0.05, 0) is 34.7 Å². The lowest BCUT2D eigenvalue weighted by atomic mass is 9.98. The van der Waals surface area contributed by atoms with Gasteiger partial charge in [0.2, 0.25) is 0 Å². The Hall–Kier alpha value is -0.690. The van der Waals surface area contributed by atoms with Crippen LogP contribution in [0.5, 0.6) is 0 Å². The van der Waals surface area contributed by atoms with E-state index in [0.717, 1.165) is 11.1 Å². The second-order valence-corrected chi connectivity index (χ2v) is 6.11. The molecule has 0 nitrogen and oxygen atoms in total. The van der Waals surface area contributed by atoms with Gasteiger partial charge in [0.1, 0.15) is 0 Å². The summed E-state index contributed by atoms with van der Waals surface area (Å²) in [5.74, 6) is 0.521. The van der Waals surface area contributed by atoms with Crippen LogP contribution in [-0.4, -0.2) is 0 Å². The van der Waals surface area contributed by atoms with Crippen molar-refractivity contribution >= 4 is 34.8 Å². The van der Waals surface area contributed by atoms with E-state index in [1.165, 1.54) is 5.56 Å². The Labute approximate surface area is 129 Å². The van der Waals surface area contributed by atoms with E-state index in [1.54, 1.807) is 6.07 Å². The molecule has 0 saturated heterocycles. The molecule has 2 aromatic carbocycles. The Morgan fingerprint density at radius 1 is 0.737 bits per heavy atom. The Bertz CT molecular complexity index is 559. The lowest BCUT2D eigenvalue weighted by Gasteiger charge is -2.13. The van der Waals surface area contributed by atoms with Crippen LogP contribution in [-0.2, 0) is 0 Å². The molecule has 0 amide bonds. The van der Waals surface area contributed by atoms with E-state index in [2.05, 4.69) is 38.1 Å². The lowest BCUT2D eigenvalue weighted by molar-refractivity contribution is 0.865. The first kappa shape index (κ1) is 14.7. The van der Waals surface area contributed by atoms with Crippen LogP contribution in [0.15, 0.2) is 42.5 Å². The van der Waals surface area contributed by atoms with Crippen molar-refractivity contribution in [1.82, 2.24) is 0 Å². The second-order valence-electron chi connectivity index (χ2n) is 4.86. The Morgan fingerprint density at radius 3 is 1.79 bits per heavy atom. The van der Waals surface area contributed by atoms with Crippen molar-refractivity contribution in [3.63, 3.8) is 0 Å². The number of hydrogen-bond donors (Lipinski definition) is 0. The van der Waals surface area contributed by atoms with E-state index in [-0.39, 0.29) is 5.38 Å². The highest BCUT2D eigenvalue weighted by Gasteiger charge is 2.12. The van der Waals surface area contributed by atoms with Crippen LogP contribution in [0.3, 0.4) is 0 Å². The normalized spacial score (nSPS) is 12.7. The minimum absolute atomic E-state index is 0.212. The molecule has 2 aromatic rings. The SMILES string of the molecule is CC(C)c1ccc(C(Cl)c2ccc(Cl)c(Cl)c2)cc1. The molecule has 19 heavy (non-hydrogen) atoms. The van der Waals surface area contributed by atoms with Gasteiger partial charge in [0, 0.05) is 0 Å². The molecule has 0 saturated carbocycles. The van der Waals surface area contributed by atoms with Crippen LogP contribution in [0.2, 0.25) is 10.0 Å². The van der Waals surface area contributed by atoms with E-state index in [9.17, 15) is 0 Å². The highest BCUT2D eigenvalue weighted by Crippen LogP contribution is 2.33. The van der Waals surface area contributed by atoms with Crippen molar-refractivity contribution in [2.75, 3.05) is 0 Å². The van der Waals surface area contributed by atoms with E-state index in [0.29, 0.717) is 16.0 Å². The molecule has 0 bridgehead atoms. The summed E-state index contributed by atoms with van der Waals surface area (Å²) in [5.41, 5.74) is 3.32. The Balaban J connectivity index is 2.27. The molecule has 0 spiro atoms. The maximum absolute atomic E-state index is 6.49. The summed E-state index contributed by atoms with van der Waals surface area (Å²) in [6.45, 7) is 4.35. The average Bonchev–Trinajstić information content (AvgIpc) is 2.41. The molecule has 3 heteroatoms. The minimum atomic E-state index is -0.212. The molecule has 0 aliphatic heterocycles. The molecule has 0 radical (unpaired) electrons. The molecular weight excluding hydrogens is 299 g/mol. The van der Waals surface area contributed by atoms with E-state index >= 15 is 0 Å². The number of hydrogen-bond acceptors (Lipinski definition) is 0. The maximum atomic E-state index is 6.49. The molecule has 100 valence electrons. The molecule has 2 rings (SSSR count). The molecule has 0 heterocycles. The van der Waals surface area contributed by atoms with E-state index in [1.807, 2.05) is 12.1 Å². The van der Waals surface area contributed by atoms with Gasteiger partial charge in [-0.25, -0.2) is 0 Å². The third kappa shape index (κ3) is 3.45. The molecule has 0 aliphatic rings. The van der Waals surface area contributed by atoms with Gasteiger partial charge in [-0.3, -0.25) is 0 Å². The van der Waals surface area contributed by atoms with E-state index < -0.39 is 0 Å². The third-order valence-electron chi connectivity index (χ3n) is 3.13. The van der Waals surface area contributed by atoms with Crippen LogP contribution in [0, 0.1) is 0 Å². The molecular formula is C16H15Cl3. The Morgan fingerprint density at radius 2 is 1.26 bits per heavy atom. The van der Waals surface area contributed by atoms with Crippen molar-refractivity contribution in [3.8, 4) is 0 Å². The third-order valence-corrected chi connectivity index (χ3v) is 4.38. The molecule has 0 N–H and O–H groups in total. The first-order valence-corrected chi connectivity index (χ1v) is 7.37. The summed E-state index contributed by atoms with van der Waals surface area (Å²) in [7, 11) is 0. The highest BCUT2D eigenvalue weighted by atomic mass is 35.5. The van der Waals surface area contributed by atoms with Gasteiger partial charge in [0.05, 0.1) is 15.4 Å². The highest BCUT2D eigenvalue weighted by molar-refractivity contribution is 6.42. The summed E-state index contributed by atoms with van der Waals surface area (Å²) < 4.78 is 0. The summed E-state index contributed by atoms with van der Waals surface area (Å²) in [6.07, 6.45) is 0. The topological polar surface area (TPSA) is 0 Å². The molecule has 0 aliphatic carbocycles. The fourth-order valence-corrected chi connectivity index (χ4v) is 2.50. The summed E-state index contributed by atoms with van der Waals surface area (Å²) in [5, 5.41) is 0.865. The van der Waals surface area contributed by atoms with Gasteiger partial charge < -0.3 is 0 Å². The Kier molecular flexibility index (Phi) is 4.78. The predicted molar refractivity (Wildman–Crippen MR) is 84.7 cm³/mol. The molecule has 0 fully saturated rings. The van der Waals surface area contributed by atoms with Crippen LogP contribution in [0.25, 0.3) is 0 Å². The molecule has 0 aromatic heterocycles. The quantitative estimate of drug-likeness (QED) is 0.571. The van der Waals surface area contributed by atoms with Crippen LogP contribution < -0.4 is 0 Å². The standard InChI is InChI=1S/C16H15Cl3/c1-10(2)11-3-5-12(6-4-11)16(19)13-7-8-14(17)15(18)9-13/h3-10,16H,1-2H3. The fourth-order valence-electron chi connectivity index (χ4n) is 1.91. The second kappa shape index (κ2) is 6.17. The van der Waals surface area contributed by atoms with Gasteiger partial charge in [-0.15, -0.1) is 11.6 Å². The summed E-state index contributed by atoms with van der Waals surface area (Å²) in [4.78, 5) is 0. The minimum Gasteiger partial charge on any atom is -0.113 e. The predicted octanol–water partition coefficient (Wildman–Crippen LogP) is 6.45. The van der Waals surface area contributed by atoms with Gasteiger partial charge in [-0.1, -0.05) is 67.4 Å². The maximum Gasteiger partial charge on any atom is 0.0835 e. The first-order valence-electron chi connectivity index (χ1n) is 6.18. The number of alkyl halides is 1. The van der Waals surface area contributed by atoms with Crippen molar-refractivity contribution in [2.45, 2.75) is 25.1 Å². The number of halogens is 3. The number of rotatable bonds is 3. The summed E-state index contributed by atoms with van der Waals surface area (Å²) >= 11 is 18.4. The summed E-state index contributed by atoms with van der Waals surface area (Å²) in [6, 6.07) is 13.9. The van der Waals surface area contributed by atoms with Crippen molar-refractivity contribution in [1.29, 1.82) is 0 Å². The smallest absolute Gasteiger partial charge is 0.0835 e. The largest absolute Gasteiger partial charge is 0.113 e. The first-order chi connectivity index (χ1) is 8.99. The fraction of sp³-hybridized carbons (Fsp3) is 0.250. The zero-order valence-electron chi connectivity index (χ0n) is 10.8. The zero-order chi connectivity index (χ0) is 14.0. The van der Waals surface area contributed by atoms with Gasteiger partial charge in [0.25, 0.3) is 0 Å². The monoisotopic (exact) mass is 312 g/mol. The zero-order valence-corrected chi connectivity index (χ0v) is 13.1.